The van der Waals surface area contributed by atoms with E-state index in [4.69, 9.17) is 0 Å². The summed E-state index contributed by atoms with van der Waals surface area (Å²) in [7, 11) is 1.37. The van der Waals surface area contributed by atoms with Gasteiger partial charge in [-0.3, -0.25) is 0 Å². The molecule has 2 rings (SSSR count). The average Bonchev–Trinajstić information content (AvgIpc) is 3.23. The van der Waals surface area contributed by atoms with Crippen molar-refractivity contribution in [2.45, 2.75) is 25.1 Å². The molecule has 122 valence electrons. The van der Waals surface area contributed by atoms with Gasteiger partial charge < -0.3 is 15.3 Å². The second kappa shape index (κ2) is 6.12. The fourth-order valence-electron chi connectivity index (χ4n) is 2.06. The number of carbonyl (C=O) groups is 1. The number of likely N-dealkylation sites (N-methyl/N-ethyl adjacent to an activating group) is 1. The largest absolute Gasteiger partial charge is 0.418 e. The summed E-state index contributed by atoms with van der Waals surface area (Å²) in [6.45, 7) is 0.0268. The predicted molar refractivity (Wildman–Crippen MR) is 71.8 cm³/mol. The van der Waals surface area contributed by atoms with E-state index < -0.39 is 35.4 Å². The Bertz CT molecular complexity index is 558. The van der Waals surface area contributed by atoms with Gasteiger partial charge in [-0.05, 0) is 37.0 Å². The number of urea groups is 1. The highest BCUT2D eigenvalue weighted by atomic mass is 19.4. The molecule has 0 aliphatic heterocycles. The van der Waals surface area contributed by atoms with Crippen molar-refractivity contribution in [3.8, 4) is 0 Å². The molecule has 0 radical (unpaired) electrons. The molecule has 1 fully saturated rings. The Labute approximate surface area is 124 Å². The number of carbonyl (C=O) groups excluding carboxylic acids is 1. The Balaban J connectivity index is 2.07. The van der Waals surface area contributed by atoms with Crippen LogP contribution in [0.25, 0.3) is 0 Å². The summed E-state index contributed by atoms with van der Waals surface area (Å²) in [6, 6.07) is 1.23. The maximum absolute atomic E-state index is 13.0. The van der Waals surface area contributed by atoms with Crippen molar-refractivity contribution in [1.29, 1.82) is 0 Å². The molecule has 1 aromatic carbocycles. The molecular formula is C14H16F4N2O2. The molecule has 1 aromatic rings. The van der Waals surface area contributed by atoms with Crippen LogP contribution in [0.15, 0.2) is 18.2 Å². The third-order valence-electron chi connectivity index (χ3n) is 3.50. The van der Waals surface area contributed by atoms with Gasteiger partial charge in [0.2, 0.25) is 0 Å². The molecule has 0 saturated heterocycles. The van der Waals surface area contributed by atoms with E-state index in [1.54, 1.807) is 0 Å². The van der Waals surface area contributed by atoms with E-state index in [1.807, 2.05) is 0 Å². The van der Waals surface area contributed by atoms with E-state index in [0.717, 1.165) is 29.9 Å². The fraction of sp³-hybridized carbons (Fsp3) is 0.500. The van der Waals surface area contributed by atoms with Crippen LogP contribution in [0.1, 0.15) is 18.4 Å². The van der Waals surface area contributed by atoms with E-state index in [0.29, 0.717) is 6.07 Å². The first-order valence-corrected chi connectivity index (χ1v) is 6.75. The number of halogens is 4. The molecule has 1 aliphatic rings. The number of anilines is 1. The molecule has 0 heterocycles. The van der Waals surface area contributed by atoms with Crippen molar-refractivity contribution in [3.63, 3.8) is 0 Å². The zero-order valence-corrected chi connectivity index (χ0v) is 11.8. The number of alkyl halides is 3. The van der Waals surface area contributed by atoms with Gasteiger partial charge in [0.25, 0.3) is 0 Å². The van der Waals surface area contributed by atoms with Crippen LogP contribution in [0.4, 0.5) is 28.0 Å². The number of nitrogens with zero attached hydrogens (tertiary/aromatic N) is 1. The third kappa shape index (κ3) is 4.09. The van der Waals surface area contributed by atoms with E-state index in [1.165, 1.54) is 7.05 Å². The quantitative estimate of drug-likeness (QED) is 0.838. The standard InChI is InChI=1S/C14H16F4N2O2/c1-20(7-12(21)8-2-3-8)13(22)19-11-5-4-9(15)6-10(11)14(16,17)18/h4-6,8,12,21H,2-3,7H2,1H3,(H,19,22). The third-order valence-corrected chi connectivity index (χ3v) is 3.50. The topological polar surface area (TPSA) is 52.6 Å². The maximum Gasteiger partial charge on any atom is 0.418 e. The Morgan fingerprint density at radius 2 is 2.09 bits per heavy atom. The van der Waals surface area contributed by atoms with Gasteiger partial charge in [0.05, 0.1) is 17.4 Å². The number of benzene rings is 1. The van der Waals surface area contributed by atoms with Crippen molar-refractivity contribution in [2.75, 3.05) is 18.9 Å². The van der Waals surface area contributed by atoms with E-state index >= 15 is 0 Å². The van der Waals surface area contributed by atoms with Crippen molar-refractivity contribution in [1.82, 2.24) is 4.90 Å². The van der Waals surface area contributed by atoms with Crippen molar-refractivity contribution < 1.29 is 27.5 Å². The van der Waals surface area contributed by atoms with Gasteiger partial charge in [-0.25, -0.2) is 9.18 Å². The van der Waals surface area contributed by atoms with Crippen LogP contribution < -0.4 is 5.32 Å². The van der Waals surface area contributed by atoms with Gasteiger partial charge in [0.1, 0.15) is 5.82 Å². The van der Waals surface area contributed by atoms with Gasteiger partial charge in [-0.1, -0.05) is 0 Å². The Morgan fingerprint density at radius 1 is 1.45 bits per heavy atom. The Morgan fingerprint density at radius 3 is 2.64 bits per heavy atom. The highest BCUT2D eigenvalue weighted by Gasteiger charge is 2.35. The van der Waals surface area contributed by atoms with Crippen molar-refractivity contribution in [3.05, 3.63) is 29.6 Å². The molecule has 22 heavy (non-hydrogen) atoms. The maximum atomic E-state index is 13.0. The van der Waals surface area contributed by atoms with E-state index in [-0.39, 0.29) is 12.5 Å². The molecule has 2 N–H and O–H groups in total. The van der Waals surface area contributed by atoms with Crippen LogP contribution in [0.3, 0.4) is 0 Å². The van der Waals surface area contributed by atoms with E-state index in [2.05, 4.69) is 5.32 Å². The molecule has 2 amide bonds. The average molecular weight is 320 g/mol. The van der Waals surface area contributed by atoms with Crippen LogP contribution >= 0.6 is 0 Å². The summed E-state index contributed by atoms with van der Waals surface area (Å²) in [6.07, 6.45) is -3.71. The minimum atomic E-state index is -4.78. The van der Waals surface area contributed by atoms with Gasteiger partial charge in [0.15, 0.2) is 0 Å². The zero-order chi connectivity index (χ0) is 16.5. The second-order valence-corrected chi connectivity index (χ2v) is 5.40. The molecular weight excluding hydrogens is 304 g/mol. The SMILES string of the molecule is CN(CC(O)C1CC1)C(=O)Nc1ccc(F)cc1C(F)(F)F. The molecule has 8 heteroatoms. The van der Waals surface area contributed by atoms with Crippen molar-refractivity contribution >= 4 is 11.7 Å². The first kappa shape index (κ1) is 16.5. The Kier molecular flexibility index (Phi) is 4.60. The number of nitrogens with one attached hydrogen (secondary N) is 1. The number of aliphatic hydroxyl groups is 1. The van der Waals surface area contributed by atoms with Gasteiger partial charge >= 0.3 is 12.2 Å². The van der Waals surface area contributed by atoms with Crippen LogP contribution in [0.2, 0.25) is 0 Å². The van der Waals surface area contributed by atoms with Crippen LogP contribution in [0.5, 0.6) is 0 Å². The smallest absolute Gasteiger partial charge is 0.391 e. The number of aliphatic hydroxyl groups excluding tert-OH is 1. The summed E-state index contributed by atoms with van der Waals surface area (Å²) in [5.74, 6) is -0.894. The minimum absolute atomic E-state index is 0.0268. The lowest BCUT2D eigenvalue weighted by atomic mass is 10.1. The summed E-state index contributed by atoms with van der Waals surface area (Å²) in [5, 5.41) is 11.8. The van der Waals surface area contributed by atoms with Gasteiger partial charge in [-0.15, -0.1) is 0 Å². The molecule has 4 nitrogen and oxygen atoms in total. The van der Waals surface area contributed by atoms with Crippen LogP contribution in [-0.2, 0) is 6.18 Å². The van der Waals surface area contributed by atoms with Gasteiger partial charge in [0, 0.05) is 13.6 Å². The minimum Gasteiger partial charge on any atom is -0.391 e. The Hall–Kier alpha value is -1.83. The normalized spacial score (nSPS) is 16.3. The fourth-order valence-corrected chi connectivity index (χ4v) is 2.06. The number of hydrogen-bond acceptors (Lipinski definition) is 2. The lowest BCUT2D eigenvalue weighted by Crippen LogP contribution is -2.38. The summed E-state index contributed by atoms with van der Waals surface area (Å²) in [4.78, 5) is 13.0. The number of amides is 2. The monoisotopic (exact) mass is 320 g/mol. The zero-order valence-electron chi connectivity index (χ0n) is 11.8. The molecule has 1 unspecified atom stereocenters. The van der Waals surface area contributed by atoms with Gasteiger partial charge in [-0.2, -0.15) is 13.2 Å². The highest BCUT2D eigenvalue weighted by molar-refractivity contribution is 5.90. The summed E-state index contributed by atoms with van der Waals surface area (Å²) in [5.41, 5.74) is -1.77. The molecule has 0 bridgehead atoms. The first-order chi connectivity index (χ1) is 10.2. The number of rotatable bonds is 4. The lowest BCUT2D eigenvalue weighted by Gasteiger charge is -2.22. The summed E-state index contributed by atoms with van der Waals surface area (Å²) >= 11 is 0. The second-order valence-electron chi connectivity index (χ2n) is 5.40. The summed E-state index contributed by atoms with van der Waals surface area (Å²) < 4.78 is 51.5. The lowest BCUT2D eigenvalue weighted by molar-refractivity contribution is -0.137. The molecule has 1 aliphatic carbocycles. The van der Waals surface area contributed by atoms with Crippen LogP contribution in [0, 0.1) is 11.7 Å². The molecule has 1 atom stereocenters. The molecule has 0 aromatic heterocycles. The number of hydrogen-bond donors (Lipinski definition) is 2. The predicted octanol–water partition coefficient (Wildman–Crippen LogP) is 3.08. The van der Waals surface area contributed by atoms with Crippen LogP contribution in [-0.4, -0.2) is 35.7 Å². The first-order valence-electron chi connectivity index (χ1n) is 6.75. The highest BCUT2D eigenvalue weighted by Crippen LogP contribution is 2.35. The molecule has 1 saturated carbocycles. The molecule has 0 spiro atoms. The van der Waals surface area contributed by atoms with E-state index in [9.17, 15) is 27.5 Å². The van der Waals surface area contributed by atoms with Crippen molar-refractivity contribution in [2.24, 2.45) is 5.92 Å².